The van der Waals surface area contributed by atoms with Crippen LogP contribution in [0.15, 0.2) is 59.4 Å². The highest BCUT2D eigenvalue weighted by Crippen LogP contribution is 2.19. The maximum atomic E-state index is 12.1. The van der Waals surface area contributed by atoms with E-state index in [1.54, 1.807) is 0 Å². The minimum atomic E-state index is -0.106. The quantitative estimate of drug-likeness (QED) is 0.730. The van der Waals surface area contributed by atoms with Crippen molar-refractivity contribution in [3.63, 3.8) is 0 Å². The molecule has 0 bridgehead atoms. The van der Waals surface area contributed by atoms with Crippen molar-refractivity contribution >= 4 is 22.3 Å². The second-order valence-corrected chi connectivity index (χ2v) is 4.54. The summed E-state index contributed by atoms with van der Waals surface area (Å²) in [6.07, 6.45) is 0. The molecule has 0 aliphatic heterocycles. The molecule has 0 unspecified atom stereocenters. The Morgan fingerprint density at radius 3 is 2.58 bits per heavy atom. The molecule has 2 N–H and O–H groups in total. The zero-order chi connectivity index (χ0) is 13.2. The summed E-state index contributed by atoms with van der Waals surface area (Å²) in [6.45, 7) is 1.99. The predicted octanol–water partition coefficient (Wildman–Crippen LogP) is 3.58. The number of nitrogens with one attached hydrogen (secondary N) is 2. The molecule has 0 fully saturated rings. The molecule has 0 atom stereocenters. The van der Waals surface area contributed by atoms with E-state index in [1.807, 2.05) is 61.5 Å². The molecule has 0 aliphatic rings. The standard InChI is InChI=1S/C16H14N2O/c1-11-6-5-7-12-10-14(16(19)18-15(11)12)17-13-8-3-2-4-9-13/h2-10,17H,1H3,(H,18,19). The van der Waals surface area contributed by atoms with Gasteiger partial charge in [-0.15, -0.1) is 0 Å². The molecule has 2 aromatic carbocycles. The number of rotatable bonds is 2. The van der Waals surface area contributed by atoms with Gasteiger partial charge in [-0.2, -0.15) is 0 Å². The molecule has 0 aliphatic carbocycles. The highest BCUT2D eigenvalue weighted by atomic mass is 16.1. The van der Waals surface area contributed by atoms with E-state index in [0.29, 0.717) is 5.69 Å². The van der Waals surface area contributed by atoms with Gasteiger partial charge in [-0.05, 0) is 30.7 Å². The zero-order valence-corrected chi connectivity index (χ0v) is 10.6. The predicted molar refractivity (Wildman–Crippen MR) is 79.0 cm³/mol. The Balaban J connectivity index is 2.10. The lowest BCUT2D eigenvalue weighted by Gasteiger charge is -2.08. The third kappa shape index (κ3) is 2.22. The average Bonchev–Trinajstić information content (AvgIpc) is 2.42. The molecule has 0 radical (unpaired) electrons. The first-order chi connectivity index (χ1) is 9.24. The summed E-state index contributed by atoms with van der Waals surface area (Å²) in [5.41, 5.74) is 3.32. The molecule has 0 saturated carbocycles. The van der Waals surface area contributed by atoms with Crippen LogP contribution in [-0.4, -0.2) is 4.98 Å². The summed E-state index contributed by atoms with van der Waals surface area (Å²) >= 11 is 0. The van der Waals surface area contributed by atoms with E-state index in [4.69, 9.17) is 0 Å². The number of H-pyrrole nitrogens is 1. The minimum Gasteiger partial charge on any atom is -0.351 e. The third-order valence-electron chi connectivity index (χ3n) is 3.14. The number of fused-ring (bicyclic) bond motifs is 1. The molecule has 3 nitrogen and oxygen atoms in total. The molecule has 1 heterocycles. The number of pyridine rings is 1. The number of hydrogen-bond donors (Lipinski definition) is 2. The van der Waals surface area contributed by atoms with Gasteiger partial charge in [0.15, 0.2) is 0 Å². The number of aromatic amines is 1. The van der Waals surface area contributed by atoms with Crippen molar-refractivity contribution in [1.29, 1.82) is 0 Å². The lowest BCUT2D eigenvalue weighted by molar-refractivity contribution is 1.28. The van der Waals surface area contributed by atoms with Gasteiger partial charge in [-0.1, -0.05) is 36.4 Å². The van der Waals surface area contributed by atoms with E-state index in [2.05, 4.69) is 10.3 Å². The molecule has 3 heteroatoms. The van der Waals surface area contributed by atoms with Gasteiger partial charge in [0.25, 0.3) is 5.56 Å². The Labute approximate surface area is 110 Å². The Kier molecular flexibility index (Phi) is 2.80. The van der Waals surface area contributed by atoms with E-state index < -0.39 is 0 Å². The lowest BCUT2D eigenvalue weighted by atomic mass is 10.1. The molecule has 1 aromatic heterocycles. The van der Waals surface area contributed by atoms with Gasteiger partial charge in [0, 0.05) is 11.1 Å². The van der Waals surface area contributed by atoms with Gasteiger partial charge in [-0.3, -0.25) is 4.79 Å². The fourth-order valence-electron chi connectivity index (χ4n) is 2.15. The van der Waals surface area contributed by atoms with Gasteiger partial charge in [0.05, 0.1) is 5.52 Å². The first-order valence-electron chi connectivity index (χ1n) is 6.19. The van der Waals surface area contributed by atoms with E-state index >= 15 is 0 Å². The monoisotopic (exact) mass is 250 g/mol. The fraction of sp³-hybridized carbons (Fsp3) is 0.0625. The van der Waals surface area contributed by atoms with Crippen LogP contribution in [0.25, 0.3) is 10.9 Å². The van der Waals surface area contributed by atoms with E-state index in [-0.39, 0.29) is 5.56 Å². The van der Waals surface area contributed by atoms with Crippen molar-refractivity contribution in [1.82, 2.24) is 4.98 Å². The van der Waals surface area contributed by atoms with E-state index in [1.165, 1.54) is 0 Å². The van der Waals surface area contributed by atoms with Gasteiger partial charge < -0.3 is 10.3 Å². The van der Waals surface area contributed by atoms with Crippen LogP contribution in [0.1, 0.15) is 5.56 Å². The molecule has 94 valence electrons. The van der Waals surface area contributed by atoms with Crippen molar-refractivity contribution in [2.24, 2.45) is 0 Å². The molecule has 0 spiro atoms. The first kappa shape index (κ1) is 11.5. The minimum absolute atomic E-state index is 0.106. The average molecular weight is 250 g/mol. The molecular weight excluding hydrogens is 236 g/mol. The van der Waals surface area contributed by atoms with Crippen LogP contribution in [0.3, 0.4) is 0 Å². The highest BCUT2D eigenvalue weighted by Gasteiger charge is 2.04. The largest absolute Gasteiger partial charge is 0.351 e. The number of anilines is 2. The van der Waals surface area contributed by atoms with Crippen molar-refractivity contribution in [2.45, 2.75) is 6.92 Å². The van der Waals surface area contributed by atoms with Crippen LogP contribution in [0, 0.1) is 6.92 Å². The van der Waals surface area contributed by atoms with Gasteiger partial charge >= 0.3 is 0 Å². The van der Waals surface area contributed by atoms with Crippen LogP contribution in [0.4, 0.5) is 11.4 Å². The number of hydrogen-bond acceptors (Lipinski definition) is 2. The summed E-state index contributed by atoms with van der Waals surface area (Å²) in [5.74, 6) is 0. The normalized spacial score (nSPS) is 10.6. The van der Waals surface area contributed by atoms with Crippen molar-refractivity contribution in [3.8, 4) is 0 Å². The summed E-state index contributed by atoms with van der Waals surface area (Å²) in [4.78, 5) is 15.0. The Morgan fingerprint density at radius 2 is 1.79 bits per heavy atom. The smallest absolute Gasteiger partial charge is 0.272 e. The maximum Gasteiger partial charge on any atom is 0.272 e. The van der Waals surface area contributed by atoms with Gasteiger partial charge in [-0.25, -0.2) is 0 Å². The van der Waals surface area contributed by atoms with Crippen LogP contribution < -0.4 is 10.9 Å². The van der Waals surface area contributed by atoms with Gasteiger partial charge in [0.1, 0.15) is 5.69 Å². The summed E-state index contributed by atoms with van der Waals surface area (Å²) < 4.78 is 0. The fourth-order valence-corrected chi connectivity index (χ4v) is 2.15. The summed E-state index contributed by atoms with van der Waals surface area (Å²) in [5, 5.41) is 4.17. The van der Waals surface area contributed by atoms with Crippen molar-refractivity contribution < 1.29 is 0 Å². The third-order valence-corrected chi connectivity index (χ3v) is 3.14. The van der Waals surface area contributed by atoms with E-state index in [9.17, 15) is 4.79 Å². The second kappa shape index (κ2) is 4.61. The van der Waals surface area contributed by atoms with Crippen molar-refractivity contribution in [3.05, 3.63) is 70.5 Å². The number of aryl methyl sites for hydroxylation is 1. The molecule has 0 saturated heterocycles. The summed E-state index contributed by atoms with van der Waals surface area (Å²) in [6, 6.07) is 17.5. The topological polar surface area (TPSA) is 44.9 Å². The van der Waals surface area contributed by atoms with Crippen molar-refractivity contribution in [2.75, 3.05) is 5.32 Å². The van der Waals surface area contributed by atoms with E-state index in [0.717, 1.165) is 22.2 Å². The lowest BCUT2D eigenvalue weighted by Crippen LogP contribution is -2.11. The first-order valence-corrected chi connectivity index (χ1v) is 6.19. The molecule has 3 aromatic rings. The van der Waals surface area contributed by atoms with Crippen LogP contribution in [0.2, 0.25) is 0 Å². The molecular formula is C16H14N2O. The van der Waals surface area contributed by atoms with Gasteiger partial charge in [0.2, 0.25) is 0 Å². The molecule has 0 amide bonds. The summed E-state index contributed by atoms with van der Waals surface area (Å²) in [7, 11) is 0. The number of benzene rings is 2. The number of para-hydroxylation sites is 2. The highest BCUT2D eigenvalue weighted by molar-refractivity contribution is 5.84. The second-order valence-electron chi connectivity index (χ2n) is 4.54. The zero-order valence-electron chi connectivity index (χ0n) is 10.6. The Morgan fingerprint density at radius 1 is 1.00 bits per heavy atom. The van der Waals surface area contributed by atoms with Crippen LogP contribution in [0.5, 0.6) is 0 Å². The number of aromatic nitrogens is 1. The SMILES string of the molecule is Cc1cccc2cc(Nc3ccccc3)c(=O)[nH]c12. The molecule has 3 rings (SSSR count). The molecule has 19 heavy (non-hydrogen) atoms. The Bertz CT molecular complexity index is 776. The maximum absolute atomic E-state index is 12.1. The Hall–Kier alpha value is -2.55. The van der Waals surface area contributed by atoms with Crippen LogP contribution >= 0.6 is 0 Å². The van der Waals surface area contributed by atoms with Crippen LogP contribution in [-0.2, 0) is 0 Å².